The molecule has 5 nitrogen and oxygen atoms in total. The molecule has 0 aromatic heterocycles. The predicted molar refractivity (Wildman–Crippen MR) is 73.0 cm³/mol. The maximum atomic E-state index is 12.5. The second-order valence-corrected chi connectivity index (χ2v) is 5.72. The first-order chi connectivity index (χ1) is 9.43. The van der Waals surface area contributed by atoms with E-state index in [4.69, 9.17) is 4.74 Å². The van der Waals surface area contributed by atoms with Gasteiger partial charge in [-0.15, -0.1) is 0 Å². The number of ketones is 1. The van der Waals surface area contributed by atoms with Gasteiger partial charge < -0.3 is 20.1 Å². The van der Waals surface area contributed by atoms with E-state index in [1.807, 2.05) is 19.9 Å². The van der Waals surface area contributed by atoms with E-state index in [-0.39, 0.29) is 18.0 Å². The Kier molecular flexibility index (Phi) is 4.75. The van der Waals surface area contributed by atoms with Gasteiger partial charge >= 0.3 is 0 Å². The number of aliphatic hydroxyl groups excluding tert-OH is 3. The quantitative estimate of drug-likeness (QED) is 0.636. The van der Waals surface area contributed by atoms with Gasteiger partial charge in [0, 0.05) is 18.6 Å². The highest BCUT2D eigenvalue weighted by molar-refractivity contribution is 6.00. The molecule has 2 rings (SSSR count). The maximum absolute atomic E-state index is 12.5. The summed E-state index contributed by atoms with van der Waals surface area (Å²) in [7, 11) is 0. The highest BCUT2D eigenvalue weighted by Gasteiger charge is 2.44. The molecule has 0 unspecified atom stereocenters. The molecule has 20 heavy (non-hydrogen) atoms. The number of rotatable bonds is 2. The standard InChI is InChI=1S/C15H22O5/c1-8(2)3-4-9-13(17)12-10(15(19)14(9)18)7-20-6-5-11(12)16/h3,9,11,14-16,18-19H,4-7H2,1-2H3/t9-,11+,14-,15-/m1/s1. The van der Waals surface area contributed by atoms with Crippen LogP contribution in [0.15, 0.2) is 22.8 Å². The van der Waals surface area contributed by atoms with Gasteiger partial charge in [-0.3, -0.25) is 4.79 Å². The van der Waals surface area contributed by atoms with E-state index in [2.05, 4.69) is 0 Å². The fourth-order valence-electron chi connectivity index (χ4n) is 2.77. The summed E-state index contributed by atoms with van der Waals surface area (Å²) in [6.07, 6.45) is -0.649. The Balaban J connectivity index is 2.35. The van der Waals surface area contributed by atoms with E-state index >= 15 is 0 Å². The summed E-state index contributed by atoms with van der Waals surface area (Å²) >= 11 is 0. The molecule has 0 saturated carbocycles. The Morgan fingerprint density at radius 2 is 2.05 bits per heavy atom. The third-order valence-electron chi connectivity index (χ3n) is 3.95. The zero-order chi connectivity index (χ0) is 14.9. The largest absolute Gasteiger partial charge is 0.389 e. The van der Waals surface area contributed by atoms with Crippen LogP contribution in [0.25, 0.3) is 0 Å². The van der Waals surface area contributed by atoms with Crippen LogP contribution >= 0.6 is 0 Å². The van der Waals surface area contributed by atoms with Crippen LogP contribution in [0, 0.1) is 5.92 Å². The van der Waals surface area contributed by atoms with Crippen LogP contribution in [0.3, 0.4) is 0 Å². The minimum Gasteiger partial charge on any atom is -0.389 e. The van der Waals surface area contributed by atoms with Gasteiger partial charge in [0.2, 0.25) is 0 Å². The minimum atomic E-state index is -1.15. The van der Waals surface area contributed by atoms with Crippen LogP contribution in [-0.4, -0.2) is 52.6 Å². The molecule has 0 bridgehead atoms. The lowest BCUT2D eigenvalue weighted by Crippen LogP contribution is -2.47. The van der Waals surface area contributed by atoms with Crippen molar-refractivity contribution in [1.29, 1.82) is 0 Å². The molecule has 0 amide bonds. The van der Waals surface area contributed by atoms with Crippen LogP contribution in [-0.2, 0) is 9.53 Å². The normalized spacial score (nSPS) is 34.5. The smallest absolute Gasteiger partial charge is 0.167 e. The van der Waals surface area contributed by atoms with Crippen molar-refractivity contribution in [2.75, 3.05) is 13.2 Å². The number of hydrogen-bond acceptors (Lipinski definition) is 5. The van der Waals surface area contributed by atoms with E-state index in [0.717, 1.165) is 5.57 Å². The molecule has 3 N–H and O–H groups in total. The van der Waals surface area contributed by atoms with Gasteiger partial charge in [-0.2, -0.15) is 0 Å². The number of carbonyl (C=O) groups excluding carboxylic acids is 1. The monoisotopic (exact) mass is 282 g/mol. The van der Waals surface area contributed by atoms with Gasteiger partial charge in [-0.05, 0) is 25.8 Å². The van der Waals surface area contributed by atoms with E-state index in [0.29, 0.717) is 25.0 Å². The van der Waals surface area contributed by atoms with Crippen LogP contribution in [0.2, 0.25) is 0 Å². The molecule has 0 radical (unpaired) electrons. The van der Waals surface area contributed by atoms with Crippen molar-refractivity contribution in [3.8, 4) is 0 Å². The van der Waals surface area contributed by atoms with Gasteiger partial charge in [0.1, 0.15) is 6.10 Å². The van der Waals surface area contributed by atoms with E-state index in [1.165, 1.54) is 0 Å². The van der Waals surface area contributed by atoms with E-state index in [1.54, 1.807) is 0 Å². The molecule has 0 spiro atoms. The molecule has 112 valence electrons. The number of aliphatic hydroxyl groups is 3. The Morgan fingerprint density at radius 3 is 2.70 bits per heavy atom. The number of hydrogen-bond donors (Lipinski definition) is 3. The Morgan fingerprint density at radius 1 is 1.35 bits per heavy atom. The maximum Gasteiger partial charge on any atom is 0.167 e. The lowest BCUT2D eigenvalue weighted by Gasteiger charge is -2.34. The second kappa shape index (κ2) is 6.18. The van der Waals surface area contributed by atoms with Crippen LogP contribution in [0.5, 0.6) is 0 Å². The number of carbonyl (C=O) groups is 1. The van der Waals surface area contributed by atoms with Gasteiger partial charge in [0.25, 0.3) is 0 Å². The highest BCUT2D eigenvalue weighted by atomic mass is 16.5. The topological polar surface area (TPSA) is 87.0 Å². The Bertz CT molecular complexity index is 447. The lowest BCUT2D eigenvalue weighted by atomic mass is 9.75. The number of ether oxygens (including phenoxy) is 1. The van der Waals surface area contributed by atoms with Gasteiger partial charge in [-0.25, -0.2) is 0 Å². The molecule has 0 saturated heterocycles. The van der Waals surface area contributed by atoms with Crippen molar-refractivity contribution in [2.45, 2.75) is 45.0 Å². The van der Waals surface area contributed by atoms with Crippen molar-refractivity contribution in [3.05, 3.63) is 22.8 Å². The van der Waals surface area contributed by atoms with Crippen molar-refractivity contribution < 1.29 is 24.9 Å². The third kappa shape index (κ3) is 2.86. The zero-order valence-electron chi connectivity index (χ0n) is 11.9. The molecule has 2 aliphatic rings. The van der Waals surface area contributed by atoms with Gasteiger partial charge in [-0.1, -0.05) is 11.6 Å². The van der Waals surface area contributed by atoms with Gasteiger partial charge in [0.15, 0.2) is 5.78 Å². The average Bonchev–Trinajstić information content (AvgIpc) is 2.58. The fourth-order valence-corrected chi connectivity index (χ4v) is 2.77. The number of Topliss-reactive ketones (excluding diaryl/α,β-unsaturated/α-hetero) is 1. The molecule has 0 aromatic carbocycles. The SMILES string of the molecule is CC(C)=CC[C@@H]1C(=O)C2=C(COCC[C@@H]2O)[C@@H](O)[C@@H]1O. The molecule has 1 aliphatic heterocycles. The molecular formula is C15H22O5. The van der Waals surface area contributed by atoms with Crippen molar-refractivity contribution in [3.63, 3.8) is 0 Å². The molecule has 4 atom stereocenters. The molecule has 1 heterocycles. The van der Waals surface area contributed by atoms with Crippen LogP contribution in [0.1, 0.15) is 26.7 Å². The number of allylic oxidation sites excluding steroid dienone is 2. The molecular weight excluding hydrogens is 260 g/mol. The van der Waals surface area contributed by atoms with Crippen molar-refractivity contribution in [2.24, 2.45) is 5.92 Å². The molecule has 0 aromatic rings. The zero-order valence-corrected chi connectivity index (χ0v) is 11.9. The summed E-state index contributed by atoms with van der Waals surface area (Å²) in [5.74, 6) is -0.973. The van der Waals surface area contributed by atoms with Crippen LogP contribution in [0.4, 0.5) is 0 Å². The first-order valence-electron chi connectivity index (χ1n) is 6.96. The van der Waals surface area contributed by atoms with E-state index in [9.17, 15) is 20.1 Å². The average molecular weight is 282 g/mol. The summed E-state index contributed by atoms with van der Waals surface area (Å²) < 4.78 is 5.28. The first-order valence-corrected chi connectivity index (χ1v) is 6.96. The summed E-state index contributed by atoms with van der Waals surface area (Å²) in [6, 6.07) is 0. The summed E-state index contributed by atoms with van der Waals surface area (Å²) in [5.41, 5.74) is 1.62. The summed E-state index contributed by atoms with van der Waals surface area (Å²) in [6.45, 7) is 4.25. The molecule has 0 fully saturated rings. The Labute approximate surface area is 118 Å². The summed E-state index contributed by atoms with van der Waals surface area (Å²) in [5, 5.41) is 30.5. The van der Waals surface area contributed by atoms with E-state index < -0.39 is 24.2 Å². The molecule has 1 aliphatic carbocycles. The molecule has 5 heteroatoms. The predicted octanol–water partition coefficient (Wildman–Crippen LogP) is 0.341. The van der Waals surface area contributed by atoms with Crippen molar-refractivity contribution >= 4 is 5.78 Å². The highest BCUT2D eigenvalue weighted by Crippen LogP contribution is 2.34. The van der Waals surface area contributed by atoms with Gasteiger partial charge in [0.05, 0.1) is 24.7 Å². The van der Waals surface area contributed by atoms with Crippen LogP contribution < -0.4 is 0 Å². The lowest BCUT2D eigenvalue weighted by molar-refractivity contribution is -0.128. The Hall–Kier alpha value is -1.01. The third-order valence-corrected chi connectivity index (χ3v) is 3.95. The minimum absolute atomic E-state index is 0.0890. The summed E-state index contributed by atoms with van der Waals surface area (Å²) in [4.78, 5) is 12.5. The first kappa shape index (κ1) is 15.4. The van der Waals surface area contributed by atoms with Crippen molar-refractivity contribution in [1.82, 2.24) is 0 Å². The second-order valence-electron chi connectivity index (χ2n) is 5.72. The fraction of sp³-hybridized carbons (Fsp3) is 0.667.